The highest BCUT2D eigenvalue weighted by Gasteiger charge is 2.23. The molecule has 2 rings (SSSR count). The van der Waals surface area contributed by atoms with Crippen molar-refractivity contribution in [3.63, 3.8) is 0 Å². The predicted molar refractivity (Wildman–Crippen MR) is 61.8 cm³/mol. The first kappa shape index (κ1) is 10.8. The second kappa shape index (κ2) is 5.37. The monoisotopic (exact) mass is 215 g/mol. The van der Waals surface area contributed by atoms with Crippen LogP contribution in [-0.2, 0) is 0 Å². The molecule has 0 heterocycles. The summed E-state index contributed by atoms with van der Waals surface area (Å²) < 4.78 is 0. The second-order valence-corrected chi connectivity index (χ2v) is 5.56. The van der Waals surface area contributed by atoms with Gasteiger partial charge in [0.15, 0.2) is 0 Å². The average Bonchev–Trinajstić information content (AvgIpc) is 2.99. The first-order valence-electron chi connectivity index (χ1n) is 6.21. The van der Waals surface area contributed by atoms with E-state index in [1.165, 1.54) is 51.5 Å². The van der Waals surface area contributed by atoms with Crippen LogP contribution in [0.15, 0.2) is 0 Å². The minimum absolute atomic E-state index is 0.442. The van der Waals surface area contributed by atoms with Crippen molar-refractivity contribution in [2.45, 2.75) is 50.3 Å². The highest BCUT2D eigenvalue weighted by Crippen LogP contribution is 2.32. The third-order valence-corrected chi connectivity index (χ3v) is 4.22. The third-order valence-electron chi connectivity index (χ3n) is 3.65. The summed E-state index contributed by atoms with van der Waals surface area (Å²) in [6.07, 6.45) is 9.64. The van der Waals surface area contributed by atoms with Gasteiger partial charge in [0.1, 0.15) is 0 Å². The standard InChI is InChI=1S/C12H22ClN/c13-12-4-2-1-3-11(12)9-14-8-7-10-5-6-10/h10-12,14H,1-9H2. The van der Waals surface area contributed by atoms with E-state index in [0.29, 0.717) is 5.38 Å². The van der Waals surface area contributed by atoms with Gasteiger partial charge in [-0.2, -0.15) is 0 Å². The molecule has 2 fully saturated rings. The molecule has 0 saturated heterocycles. The molecule has 82 valence electrons. The fourth-order valence-corrected chi connectivity index (χ4v) is 2.76. The summed E-state index contributed by atoms with van der Waals surface area (Å²) in [7, 11) is 0. The lowest BCUT2D eigenvalue weighted by Gasteiger charge is -2.27. The lowest BCUT2D eigenvalue weighted by Crippen LogP contribution is -2.31. The summed E-state index contributed by atoms with van der Waals surface area (Å²) in [4.78, 5) is 0. The zero-order chi connectivity index (χ0) is 9.80. The van der Waals surface area contributed by atoms with E-state index in [1.54, 1.807) is 0 Å². The predicted octanol–water partition coefficient (Wildman–Crippen LogP) is 3.17. The molecule has 0 aromatic rings. The van der Waals surface area contributed by atoms with Gasteiger partial charge in [0, 0.05) is 5.38 Å². The molecule has 2 unspecified atom stereocenters. The number of nitrogens with one attached hydrogen (secondary N) is 1. The van der Waals surface area contributed by atoms with Crippen molar-refractivity contribution in [1.82, 2.24) is 5.32 Å². The minimum atomic E-state index is 0.442. The number of hydrogen-bond acceptors (Lipinski definition) is 1. The largest absolute Gasteiger partial charge is 0.316 e. The van der Waals surface area contributed by atoms with Crippen LogP contribution in [0.3, 0.4) is 0 Å². The van der Waals surface area contributed by atoms with Gasteiger partial charge in [-0.15, -0.1) is 11.6 Å². The Hall–Kier alpha value is 0.250. The van der Waals surface area contributed by atoms with Gasteiger partial charge in [0.25, 0.3) is 0 Å². The first-order valence-corrected chi connectivity index (χ1v) is 6.64. The number of rotatable bonds is 5. The molecule has 0 aliphatic heterocycles. The molecule has 1 N–H and O–H groups in total. The van der Waals surface area contributed by atoms with Crippen molar-refractivity contribution in [2.24, 2.45) is 11.8 Å². The van der Waals surface area contributed by atoms with Crippen LogP contribution in [0.25, 0.3) is 0 Å². The Kier molecular flexibility index (Phi) is 4.12. The molecule has 0 bridgehead atoms. The normalized spacial score (nSPS) is 33.2. The van der Waals surface area contributed by atoms with Crippen molar-refractivity contribution >= 4 is 11.6 Å². The fourth-order valence-electron chi connectivity index (χ4n) is 2.39. The molecule has 1 nitrogen and oxygen atoms in total. The van der Waals surface area contributed by atoms with E-state index < -0.39 is 0 Å². The summed E-state index contributed by atoms with van der Waals surface area (Å²) in [6, 6.07) is 0. The van der Waals surface area contributed by atoms with E-state index in [9.17, 15) is 0 Å². The Morgan fingerprint density at radius 2 is 1.86 bits per heavy atom. The smallest absolute Gasteiger partial charge is 0.0376 e. The van der Waals surface area contributed by atoms with Crippen molar-refractivity contribution in [2.75, 3.05) is 13.1 Å². The highest BCUT2D eigenvalue weighted by molar-refractivity contribution is 6.20. The molecular weight excluding hydrogens is 194 g/mol. The van der Waals surface area contributed by atoms with Crippen LogP contribution in [0.1, 0.15) is 44.9 Å². The lowest BCUT2D eigenvalue weighted by molar-refractivity contribution is 0.347. The number of hydrogen-bond donors (Lipinski definition) is 1. The molecular formula is C12H22ClN. The highest BCUT2D eigenvalue weighted by atomic mass is 35.5. The topological polar surface area (TPSA) is 12.0 Å². The molecule has 0 aromatic heterocycles. The van der Waals surface area contributed by atoms with Crippen LogP contribution in [0.5, 0.6) is 0 Å². The van der Waals surface area contributed by atoms with Gasteiger partial charge in [-0.3, -0.25) is 0 Å². The molecule has 14 heavy (non-hydrogen) atoms. The summed E-state index contributed by atoms with van der Waals surface area (Å²) in [5.74, 6) is 1.80. The number of halogens is 1. The van der Waals surface area contributed by atoms with Gasteiger partial charge in [0.2, 0.25) is 0 Å². The van der Waals surface area contributed by atoms with Gasteiger partial charge in [-0.05, 0) is 44.2 Å². The van der Waals surface area contributed by atoms with Gasteiger partial charge in [0.05, 0.1) is 0 Å². The Balaban J connectivity index is 1.53. The zero-order valence-corrected chi connectivity index (χ0v) is 9.73. The second-order valence-electron chi connectivity index (χ2n) is 5.00. The molecule has 2 atom stereocenters. The Morgan fingerprint density at radius 1 is 1.07 bits per heavy atom. The lowest BCUT2D eigenvalue weighted by atomic mass is 9.89. The van der Waals surface area contributed by atoms with Gasteiger partial charge >= 0.3 is 0 Å². The summed E-state index contributed by atoms with van der Waals surface area (Å²) in [6.45, 7) is 2.37. The molecule has 2 aliphatic carbocycles. The Labute approximate surface area is 92.6 Å². The van der Waals surface area contributed by atoms with Crippen molar-refractivity contribution < 1.29 is 0 Å². The van der Waals surface area contributed by atoms with E-state index in [4.69, 9.17) is 11.6 Å². The van der Waals surface area contributed by atoms with Gasteiger partial charge in [-0.25, -0.2) is 0 Å². The molecule has 0 radical (unpaired) electrons. The third kappa shape index (κ3) is 3.43. The number of alkyl halides is 1. The van der Waals surface area contributed by atoms with Gasteiger partial charge in [-0.1, -0.05) is 25.7 Å². The van der Waals surface area contributed by atoms with E-state index in [2.05, 4.69) is 5.32 Å². The molecule has 2 saturated carbocycles. The van der Waals surface area contributed by atoms with Crippen molar-refractivity contribution in [3.05, 3.63) is 0 Å². The quantitative estimate of drug-likeness (QED) is 0.549. The van der Waals surface area contributed by atoms with E-state index in [0.717, 1.165) is 18.4 Å². The molecule has 2 heteroatoms. The molecule has 0 spiro atoms. The van der Waals surface area contributed by atoms with E-state index in [-0.39, 0.29) is 0 Å². The van der Waals surface area contributed by atoms with Gasteiger partial charge < -0.3 is 5.32 Å². The van der Waals surface area contributed by atoms with Crippen LogP contribution < -0.4 is 5.32 Å². The minimum Gasteiger partial charge on any atom is -0.316 e. The van der Waals surface area contributed by atoms with Crippen LogP contribution in [0, 0.1) is 11.8 Å². The van der Waals surface area contributed by atoms with Crippen molar-refractivity contribution in [3.8, 4) is 0 Å². The summed E-state index contributed by atoms with van der Waals surface area (Å²) in [5.41, 5.74) is 0. The maximum absolute atomic E-state index is 6.30. The SMILES string of the molecule is ClC1CCCCC1CNCCC1CC1. The summed E-state index contributed by atoms with van der Waals surface area (Å²) in [5, 5.41) is 4.01. The maximum atomic E-state index is 6.30. The van der Waals surface area contributed by atoms with Crippen LogP contribution >= 0.6 is 11.6 Å². The van der Waals surface area contributed by atoms with Crippen molar-refractivity contribution in [1.29, 1.82) is 0 Å². The fraction of sp³-hybridized carbons (Fsp3) is 1.00. The van der Waals surface area contributed by atoms with Crippen LogP contribution in [0.2, 0.25) is 0 Å². The molecule has 2 aliphatic rings. The molecule has 0 amide bonds. The Bertz CT molecular complexity index is 168. The van der Waals surface area contributed by atoms with E-state index in [1.807, 2.05) is 0 Å². The first-order chi connectivity index (χ1) is 6.86. The molecule has 0 aromatic carbocycles. The average molecular weight is 216 g/mol. The van der Waals surface area contributed by atoms with Crippen LogP contribution in [-0.4, -0.2) is 18.5 Å². The Morgan fingerprint density at radius 3 is 2.57 bits per heavy atom. The maximum Gasteiger partial charge on any atom is 0.0376 e. The van der Waals surface area contributed by atoms with E-state index >= 15 is 0 Å². The summed E-state index contributed by atoms with van der Waals surface area (Å²) >= 11 is 6.30. The zero-order valence-electron chi connectivity index (χ0n) is 8.97. The van der Waals surface area contributed by atoms with Crippen LogP contribution in [0.4, 0.5) is 0 Å².